The van der Waals surface area contributed by atoms with Gasteiger partial charge in [0, 0.05) is 18.6 Å². The van der Waals surface area contributed by atoms with E-state index in [4.69, 9.17) is 5.73 Å². The van der Waals surface area contributed by atoms with E-state index in [1.165, 1.54) is 71.2 Å². The molecule has 3 heteroatoms. The molecule has 3 rings (SSSR count). The highest BCUT2D eigenvalue weighted by Crippen LogP contribution is 2.39. The molecule has 0 aromatic carbocycles. The molecule has 0 aromatic rings. The van der Waals surface area contributed by atoms with E-state index in [2.05, 4.69) is 23.6 Å². The summed E-state index contributed by atoms with van der Waals surface area (Å²) < 4.78 is 0. The zero-order chi connectivity index (χ0) is 14.2. The van der Waals surface area contributed by atoms with Gasteiger partial charge in [0.15, 0.2) is 0 Å². The molecule has 0 aromatic heterocycles. The van der Waals surface area contributed by atoms with E-state index in [-0.39, 0.29) is 0 Å². The van der Waals surface area contributed by atoms with Gasteiger partial charge in [-0.3, -0.25) is 4.90 Å². The Labute approximate surface area is 124 Å². The van der Waals surface area contributed by atoms with Crippen LogP contribution < -0.4 is 5.73 Å². The summed E-state index contributed by atoms with van der Waals surface area (Å²) in [5, 5.41) is 0. The monoisotopic (exact) mass is 279 g/mol. The predicted octanol–water partition coefficient (Wildman–Crippen LogP) is 2.31. The summed E-state index contributed by atoms with van der Waals surface area (Å²) in [6.45, 7) is 11.3. The average Bonchev–Trinajstić information content (AvgIpc) is 3.01. The summed E-state index contributed by atoms with van der Waals surface area (Å²) in [6, 6.07) is 1.02. The van der Waals surface area contributed by atoms with Crippen molar-refractivity contribution < 1.29 is 0 Å². The lowest BCUT2D eigenvalue weighted by Crippen LogP contribution is -2.52. The van der Waals surface area contributed by atoms with Crippen LogP contribution in [0.4, 0.5) is 0 Å². The maximum atomic E-state index is 6.50. The molecule has 0 amide bonds. The second kappa shape index (κ2) is 5.94. The minimum Gasteiger partial charge on any atom is -0.326 e. The molecular formula is C17H33N3. The van der Waals surface area contributed by atoms with Crippen LogP contribution in [0.15, 0.2) is 0 Å². The standard InChI is InChI=1S/C17H33N3/c1-17(2)8-5-15(16(17)18)20-11-6-14(7-12-20)13-19-9-3-4-10-19/h14-16H,3-13,18H2,1-2H3. The van der Waals surface area contributed by atoms with Crippen LogP contribution in [0.1, 0.15) is 52.4 Å². The fourth-order valence-corrected chi connectivity index (χ4v) is 4.59. The average molecular weight is 279 g/mol. The van der Waals surface area contributed by atoms with Gasteiger partial charge in [0.1, 0.15) is 0 Å². The number of piperidine rings is 1. The van der Waals surface area contributed by atoms with E-state index in [0.29, 0.717) is 17.5 Å². The van der Waals surface area contributed by atoms with Gasteiger partial charge in [0.2, 0.25) is 0 Å². The minimum absolute atomic E-state index is 0.344. The zero-order valence-corrected chi connectivity index (χ0v) is 13.5. The summed E-state index contributed by atoms with van der Waals surface area (Å²) in [4.78, 5) is 5.39. The van der Waals surface area contributed by atoms with Crippen molar-refractivity contribution in [3.8, 4) is 0 Å². The molecule has 0 bridgehead atoms. The number of rotatable bonds is 3. The summed E-state index contributed by atoms with van der Waals surface area (Å²) in [5.41, 5.74) is 6.85. The Balaban J connectivity index is 1.46. The van der Waals surface area contributed by atoms with Gasteiger partial charge in [0.05, 0.1) is 0 Å². The van der Waals surface area contributed by atoms with Gasteiger partial charge in [-0.1, -0.05) is 13.8 Å². The number of hydrogen-bond acceptors (Lipinski definition) is 3. The molecule has 2 N–H and O–H groups in total. The maximum Gasteiger partial charge on any atom is 0.0252 e. The molecule has 0 radical (unpaired) electrons. The summed E-state index contributed by atoms with van der Waals surface area (Å²) >= 11 is 0. The van der Waals surface area contributed by atoms with Gasteiger partial charge in [-0.25, -0.2) is 0 Å². The van der Waals surface area contributed by atoms with Gasteiger partial charge in [-0.05, 0) is 76.0 Å². The molecule has 2 saturated heterocycles. The first-order valence-electron chi connectivity index (χ1n) is 8.78. The van der Waals surface area contributed by atoms with Crippen LogP contribution in [0, 0.1) is 11.3 Å². The second-order valence-electron chi connectivity index (χ2n) is 8.11. The van der Waals surface area contributed by atoms with Crippen molar-refractivity contribution in [2.45, 2.75) is 64.5 Å². The van der Waals surface area contributed by atoms with E-state index in [0.717, 1.165) is 5.92 Å². The molecule has 2 heterocycles. The lowest BCUT2D eigenvalue weighted by Gasteiger charge is -2.40. The fraction of sp³-hybridized carbons (Fsp3) is 1.00. The fourth-order valence-electron chi connectivity index (χ4n) is 4.59. The SMILES string of the molecule is CC1(C)CCC(N2CCC(CN3CCCC3)CC2)C1N. The molecule has 116 valence electrons. The number of likely N-dealkylation sites (tertiary alicyclic amines) is 2. The molecular weight excluding hydrogens is 246 g/mol. The highest BCUT2D eigenvalue weighted by molar-refractivity contribution is 5.00. The van der Waals surface area contributed by atoms with Crippen LogP contribution in [-0.4, -0.2) is 54.6 Å². The minimum atomic E-state index is 0.344. The van der Waals surface area contributed by atoms with Crippen molar-refractivity contribution in [3.63, 3.8) is 0 Å². The Morgan fingerprint density at radius 3 is 2.20 bits per heavy atom. The Bertz CT molecular complexity index is 314. The number of hydrogen-bond donors (Lipinski definition) is 1. The van der Waals surface area contributed by atoms with Crippen LogP contribution >= 0.6 is 0 Å². The zero-order valence-electron chi connectivity index (χ0n) is 13.5. The van der Waals surface area contributed by atoms with Gasteiger partial charge >= 0.3 is 0 Å². The Hall–Kier alpha value is -0.120. The molecule has 3 nitrogen and oxygen atoms in total. The molecule has 0 spiro atoms. The predicted molar refractivity (Wildman–Crippen MR) is 84.7 cm³/mol. The first-order valence-corrected chi connectivity index (χ1v) is 8.78. The molecule has 3 aliphatic rings. The molecule has 1 aliphatic carbocycles. The first kappa shape index (κ1) is 14.8. The smallest absolute Gasteiger partial charge is 0.0252 e. The maximum absolute atomic E-state index is 6.50. The van der Waals surface area contributed by atoms with E-state index in [1.54, 1.807) is 0 Å². The van der Waals surface area contributed by atoms with E-state index in [9.17, 15) is 0 Å². The topological polar surface area (TPSA) is 32.5 Å². The second-order valence-corrected chi connectivity index (χ2v) is 8.11. The molecule has 1 saturated carbocycles. The third-order valence-electron chi connectivity index (χ3n) is 6.23. The van der Waals surface area contributed by atoms with Gasteiger partial charge < -0.3 is 10.6 Å². The Kier molecular flexibility index (Phi) is 4.40. The van der Waals surface area contributed by atoms with Crippen molar-refractivity contribution in [2.75, 3.05) is 32.7 Å². The van der Waals surface area contributed by atoms with Gasteiger partial charge in [-0.2, -0.15) is 0 Å². The third kappa shape index (κ3) is 3.05. The van der Waals surface area contributed by atoms with Gasteiger partial charge in [0.25, 0.3) is 0 Å². The van der Waals surface area contributed by atoms with E-state index >= 15 is 0 Å². The summed E-state index contributed by atoms with van der Waals surface area (Å²) in [6.07, 6.45) is 8.23. The van der Waals surface area contributed by atoms with Crippen molar-refractivity contribution in [3.05, 3.63) is 0 Å². The third-order valence-corrected chi connectivity index (χ3v) is 6.23. The number of nitrogens with zero attached hydrogens (tertiary/aromatic N) is 2. The van der Waals surface area contributed by atoms with Crippen LogP contribution in [0.25, 0.3) is 0 Å². The van der Waals surface area contributed by atoms with E-state index in [1.807, 2.05) is 0 Å². The molecule has 3 fully saturated rings. The summed E-state index contributed by atoms with van der Waals surface area (Å²) in [5.74, 6) is 0.940. The largest absolute Gasteiger partial charge is 0.326 e. The Morgan fingerprint density at radius 1 is 1.00 bits per heavy atom. The van der Waals surface area contributed by atoms with Crippen LogP contribution in [-0.2, 0) is 0 Å². The lowest BCUT2D eigenvalue weighted by molar-refractivity contribution is 0.101. The lowest BCUT2D eigenvalue weighted by atomic mass is 9.86. The molecule has 20 heavy (non-hydrogen) atoms. The normalized spacial score (nSPS) is 36.8. The van der Waals surface area contributed by atoms with Gasteiger partial charge in [-0.15, -0.1) is 0 Å². The quantitative estimate of drug-likeness (QED) is 0.860. The highest BCUT2D eigenvalue weighted by Gasteiger charge is 2.42. The summed E-state index contributed by atoms with van der Waals surface area (Å²) in [7, 11) is 0. The number of nitrogens with two attached hydrogens (primary N) is 1. The first-order chi connectivity index (χ1) is 9.56. The highest BCUT2D eigenvalue weighted by atomic mass is 15.2. The van der Waals surface area contributed by atoms with Crippen LogP contribution in [0.2, 0.25) is 0 Å². The van der Waals surface area contributed by atoms with Crippen LogP contribution in [0.3, 0.4) is 0 Å². The van der Waals surface area contributed by atoms with E-state index < -0.39 is 0 Å². The van der Waals surface area contributed by atoms with Crippen molar-refractivity contribution in [2.24, 2.45) is 17.1 Å². The van der Waals surface area contributed by atoms with Crippen LogP contribution in [0.5, 0.6) is 0 Å². The van der Waals surface area contributed by atoms with Crippen molar-refractivity contribution in [1.82, 2.24) is 9.80 Å². The van der Waals surface area contributed by atoms with Crippen molar-refractivity contribution in [1.29, 1.82) is 0 Å². The molecule has 2 atom stereocenters. The van der Waals surface area contributed by atoms with Crippen molar-refractivity contribution >= 4 is 0 Å². The molecule has 2 aliphatic heterocycles. The Morgan fingerprint density at radius 2 is 1.65 bits per heavy atom. The molecule has 2 unspecified atom stereocenters.